The number of non-ortho nitro benzene ring substituents is 1. The Balaban J connectivity index is 1.40. The van der Waals surface area contributed by atoms with Crippen molar-refractivity contribution in [2.24, 2.45) is 0 Å². The Bertz CT molecular complexity index is 1040. The molecule has 1 saturated carbocycles. The van der Waals surface area contributed by atoms with Gasteiger partial charge in [0.2, 0.25) is 0 Å². The van der Waals surface area contributed by atoms with Gasteiger partial charge in [-0.2, -0.15) is 0 Å². The second-order valence-electron chi connectivity index (χ2n) is 9.36. The van der Waals surface area contributed by atoms with E-state index in [0.29, 0.717) is 25.2 Å². The van der Waals surface area contributed by atoms with E-state index in [4.69, 9.17) is 9.47 Å². The molecule has 0 unspecified atom stereocenters. The Morgan fingerprint density at radius 3 is 1.75 bits per heavy atom. The third-order valence-electron chi connectivity index (χ3n) is 7.10. The molecule has 3 aromatic carbocycles. The minimum absolute atomic E-state index is 0.156. The fourth-order valence-electron chi connectivity index (χ4n) is 5.14. The Morgan fingerprint density at radius 2 is 1.31 bits per heavy atom. The van der Waals surface area contributed by atoms with Crippen molar-refractivity contribution in [3.05, 3.63) is 99.6 Å². The lowest BCUT2D eigenvalue weighted by Crippen LogP contribution is -2.35. The van der Waals surface area contributed by atoms with Gasteiger partial charge in [-0.05, 0) is 86.4 Å². The summed E-state index contributed by atoms with van der Waals surface area (Å²) in [6.07, 6.45) is 4.38. The van der Waals surface area contributed by atoms with Crippen molar-refractivity contribution in [3.8, 4) is 11.5 Å². The molecule has 6 nitrogen and oxygen atoms in total. The van der Waals surface area contributed by atoms with Crippen LogP contribution in [-0.2, 0) is 0 Å². The maximum Gasteiger partial charge on any atom is 0.269 e. The molecule has 1 aliphatic rings. The number of hydrogen-bond donors (Lipinski definition) is 1. The average Bonchev–Trinajstić information content (AvgIpc) is 2.91. The Labute approximate surface area is 213 Å². The fraction of sp³-hybridized carbons (Fsp3) is 0.400. The molecule has 0 saturated heterocycles. The molecule has 1 N–H and O–H groups in total. The molecule has 0 radical (unpaired) electrons. The van der Waals surface area contributed by atoms with Gasteiger partial charge in [0, 0.05) is 30.6 Å². The quantitative estimate of drug-likeness (QED) is 0.236. The maximum atomic E-state index is 10.9. The van der Waals surface area contributed by atoms with E-state index in [2.05, 4.69) is 53.8 Å². The topological polar surface area (TPSA) is 73.6 Å². The molecule has 36 heavy (non-hydrogen) atoms. The normalized spacial score (nSPS) is 17.6. The highest BCUT2D eigenvalue weighted by Crippen LogP contribution is 2.34. The number of nitrogens with one attached hydrogen (secondary N) is 1. The molecule has 1 fully saturated rings. The Hall–Kier alpha value is -3.38. The van der Waals surface area contributed by atoms with Gasteiger partial charge in [-0.15, -0.1) is 0 Å². The van der Waals surface area contributed by atoms with Crippen LogP contribution in [0.5, 0.6) is 11.5 Å². The SMILES string of the molecule is CCOc1ccc(C(CNC2CCC(c3ccc([N+](=O)[O-])cc3)CC2)c2ccc(OCC)cc2)cc1. The maximum absolute atomic E-state index is 10.9. The lowest BCUT2D eigenvalue weighted by atomic mass is 9.81. The second kappa shape index (κ2) is 12.5. The van der Waals surface area contributed by atoms with Crippen LogP contribution in [-0.4, -0.2) is 30.7 Å². The summed E-state index contributed by atoms with van der Waals surface area (Å²) >= 11 is 0. The first-order chi connectivity index (χ1) is 17.6. The number of hydrogen-bond acceptors (Lipinski definition) is 5. The van der Waals surface area contributed by atoms with E-state index in [1.54, 1.807) is 12.1 Å². The fourth-order valence-corrected chi connectivity index (χ4v) is 5.14. The lowest BCUT2D eigenvalue weighted by Gasteiger charge is -2.31. The molecule has 0 aromatic heterocycles. The Morgan fingerprint density at radius 1 is 0.806 bits per heavy atom. The van der Waals surface area contributed by atoms with E-state index >= 15 is 0 Å². The zero-order chi connectivity index (χ0) is 25.3. The van der Waals surface area contributed by atoms with Gasteiger partial charge in [-0.1, -0.05) is 36.4 Å². The smallest absolute Gasteiger partial charge is 0.269 e. The molecule has 0 spiro atoms. The van der Waals surface area contributed by atoms with E-state index in [1.807, 2.05) is 26.0 Å². The van der Waals surface area contributed by atoms with Crippen LogP contribution in [0.1, 0.15) is 68.1 Å². The van der Waals surface area contributed by atoms with Gasteiger partial charge in [0.05, 0.1) is 18.1 Å². The van der Waals surface area contributed by atoms with E-state index in [9.17, 15) is 10.1 Å². The van der Waals surface area contributed by atoms with E-state index in [-0.39, 0.29) is 16.5 Å². The Kier molecular flexibility index (Phi) is 8.95. The molecule has 6 heteroatoms. The van der Waals surface area contributed by atoms with Crippen molar-refractivity contribution < 1.29 is 14.4 Å². The van der Waals surface area contributed by atoms with Crippen molar-refractivity contribution in [1.82, 2.24) is 5.32 Å². The number of rotatable bonds is 11. The van der Waals surface area contributed by atoms with Gasteiger partial charge in [0.25, 0.3) is 5.69 Å². The highest BCUT2D eigenvalue weighted by atomic mass is 16.6. The summed E-state index contributed by atoms with van der Waals surface area (Å²) < 4.78 is 11.3. The van der Waals surface area contributed by atoms with Gasteiger partial charge in [-0.3, -0.25) is 10.1 Å². The predicted octanol–water partition coefficient (Wildman–Crippen LogP) is 6.84. The van der Waals surface area contributed by atoms with Gasteiger partial charge in [0.1, 0.15) is 11.5 Å². The first-order valence-corrected chi connectivity index (χ1v) is 13.0. The van der Waals surface area contributed by atoms with Crippen molar-refractivity contribution in [2.75, 3.05) is 19.8 Å². The van der Waals surface area contributed by atoms with Gasteiger partial charge in [-0.25, -0.2) is 0 Å². The summed E-state index contributed by atoms with van der Waals surface area (Å²) in [6.45, 7) is 6.17. The first-order valence-electron chi connectivity index (χ1n) is 13.0. The average molecular weight is 489 g/mol. The molecule has 0 aliphatic heterocycles. The molecular formula is C30H36N2O4. The van der Waals surface area contributed by atoms with Crippen LogP contribution in [0.25, 0.3) is 0 Å². The zero-order valence-electron chi connectivity index (χ0n) is 21.2. The highest BCUT2D eigenvalue weighted by Gasteiger charge is 2.24. The largest absolute Gasteiger partial charge is 0.494 e. The second-order valence-corrected chi connectivity index (χ2v) is 9.36. The molecule has 0 heterocycles. The summed E-state index contributed by atoms with van der Waals surface area (Å²) in [4.78, 5) is 10.6. The van der Waals surface area contributed by atoms with Crippen molar-refractivity contribution in [3.63, 3.8) is 0 Å². The molecule has 0 amide bonds. The summed E-state index contributed by atoms with van der Waals surface area (Å²) in [7, 11) is 0. The third kappa shape index (κ3) is 6.64. The van der Waals surface area contributed by atoms with Crippen molar-refractivity contribution >= 4 is 5.69 Å². The standard InChI is InChI=1S/C30H36N2O4/c1-3-35-28-17-9-24(10-18-28)30(25-11-19-29(20-12-25)36-4-2)21-31-26-13-5-22(6-14-26)23-7-15-27(16-8-23)32(33)34/h7-12,15-20,22,26,30-31H,3-6,13-14,21H2,1-2H3. The number of nitro benzene ring substituents is 1. The summed E-state index contributed by atoms with van der Waals surface area (Å²) in [5, 5.41) is 14.8. The number of nitro groups is 1. The minimum Gasteiger partial charge on any atom is -0.494 e. The van der Waals surface area contributed by atoms with E-state index in [1.165, 1.54) is 16.7 Å². The highest BCUT2D eigenvalue weighted by molar-refractivity contribution is 5.39. The van der Waals surface area contributed by atoms with Crippen LogP contribution >= 0.6 is 0 Å². The minimum atomic E-state index is -0.338. The summed E-state index contributed by atoms with van der Waals surface area (Å²) in [6, 6.07) is 24.4. The molecule has 3 aromatic rings. The molecule has 0 bridgehead atoms. The van der Waals surface area contributed by atoms with Gasteiger partial charge < -0.3 is 14.8 Å². The van der Waals surface area contributed by atoms with Gasteiger partial charge >= 0.3 is 0 Å². The van der Waals surface area contributed by atoms with Crippen LogP contribution in [0.4, 0.5) is 5.69 Å². The van der Waals surface area contributed by atoms with Crippen LogP contribution in [0, 0.1) is 10.1 Å². The summed E-state index contributed by atoms with van der Waals surface area (Å²) in [5.74, 6) is 2.48. The lowest BCUT2D eigenvalue weighted by molar-refractivity contribution is -0.384. The van der Waals surface area contributed by atoms with Crippen LogP contribution in [0.2, 0.25) is 0 Å². The first kappa shape index (κ1) is 25.7. The molecule has 4 rings (SSSR count). The predicted molar refractivity (Wildman–Crippen MR) is 143 cm³/mol. The molecule has 190 valence electrons. The van der Waals surface area contributed by atoms with Crippen molar-refractivity contribution in [2.45, 2.75) is 57.4 Å². The van der Waals surface area contributed by atoms with Crippen LogP contribution < -0.4 is 14.8 Å². The number of benzene rings is 3. The van der Waals surface area contributed by atoms with Gasteiger partial charge in [0.15, 0.2) is 0 Å². The van der Waals surface area contributed by atoms with E-state index < -0.39 is 0 Å². The third-order valence-corrected chi connectivity index (χ3v) is 7.10. The molecular weight excluding hydrogens is 452 g/mol. The zero-order valence-corrected chi connectivity index (χ0v) is 21.2. The van der Waals surface area contributed by atoms with Crippen LogP contribution in [0.15, 0.2) is 72.8 Å². The monoisotopic (exact) mass is 488 g/mol. The van der Waals surface area contributed by atoms with E-state index in [0.717, 1.165) is 43.7 Å². The number of nitrogens with zero attached hydrogens (tertiary/aromatic N) is 1. The molecule has 1 aliphatic carbocycles. The number of ether oxygens (including phenoxy) is 2. The van der Waals surface area contributed by atoms with Crippen LogP contribution in [0.3, 0.4) is 0 Å². The molecule has 0 atom stereocenters. The van der Waals surface area contributed by atoms with Crippen molar-refractivity contribution in [1.29, 1.82) is 0 Å². The summed E-state index contributed by atoms with van der Waals surface area (Å²) in [5.41, 5.74) is 3.88.